The Morgan fingerprint density at radius 3 is 1.86 bits per heavy atom. The first-order valence-corrected chi connectivity index (χ1v) is 3.71. The van der Waals surface area contributed by atoms with Crippen molar-refractivity contribution in [2.24, 2.45) is 0 Å². The summed E-state index contributed by atoms with van der Waals surface area (Å²) in [7, 11) is 2.29. The summed E-state index contributed by atoms with van der Waals surface area (Å²) < 4.78 is 1.22. The van der Waals surface area contributed by atoms with Crippen LogP contribution in [0.3, 0.4) is 0 Å². The van der Waals surface area contributed by atoms with Crippen LogP contribution in [0.5, 0.6) is 0 Å². The third kappa shape index (κ3) is 1.57. The van der Waals surface area contributed by atoms with Gasteiger partial charge < -0.3 is 0 Å². The van der Waals surface area contributed by atoms with Gasteiger partial charge in [-0.05, 0) is 0 Å². The molecule has 1 aliphatic heterocycles. The van der Waals surface area contributed by atoms with E-state index in [0.29, 0.717) is 0 Å². The van der Waals surface area contributed by atoms with Gasteiger partial charge in [-0.3, -0.25) is 2.70 Å². The minimum absolute atomic E-state index is 1.22. The Balaban J connectivity index is 2.40. The molecule has 0 aliphatic carbocycles. The van der Waals surface area contributed by atoms with Gasteiger partial charge in [0.25, 0.3) is 0 Å². The molecule has 2 heteroatoms. The number of likely N-dealkylation sites (tertiary alicyclic amines) is 1. The van der Waals surface area contributed by atoms with Crippen LogP contribution in [0.1, 0.15) is 12.8 Å². The van der Waals surface area contributed by atoms with Crippen LogP contribution in [-0.4, -0.2) is 22.8 Å². The van der Waals surface area contributed by atoms with E-state index in [1.165, 1.54) is 28.6 Å². The summed E-state index contributed by atoms with van der Waals surface area (Å²) in [5, 5.41) is 0. The van der Waals surface area contributed by atoms with E-state index in [-0.39, 0.29) is 0 Å². The molecule has 0 unspecified atom stereocenters. The fourth-order valence-electron chi connectivity index (χ4n) is 0.995. The van der Waals surface area contributed by atoms with Crippen LogP contribution < -0.4 is 0 Å². The van der Waals surface area contributed by atoms with Crippen LogP contribution in [-0.2, 0) is 0 Å². The standard InChI is InChI=1S/C5H11IN/c1-7(6)4-2-3-5-7/h2-5H2,1H3/q+1. The molecule has 42 valence electrons. The summed E-state index contributed by atoms with van der Waals surface area (Å²) in [6.45, 7) is 2.75. The molecule has 1 nitrogen and oxygen atoms in total. The maximum Gasteiger partial charge on any atom is 0.248 e. The van der Waals surface area contributed by atoms with Crippen molar-refractivity contribution in [1.29, 1.82) is 0 Å². The Bertz CT molecular complexity index is 62.5. The van der Waals surface area contributed by atoms with E-state index in [1.807, 2.05) is 0 Å². The molecule has 0 aromatic rings. The molecule has 1 aliphatic rings. The highest BCUT2D eigenvalue weighted by molar-refractivity contribution is 14.1. The van der Waals surface area contributed by atoms with Crippen LogP contribution in [0.4, 0.5) is 0 Å². The summed E-state index contributed by atoms with van der Waals surface area (Å²) in [6, 6.07) is 0. The van der Waals surface area contributed by atoms with Gasteiger partial charge in [-0.15, -0.1) is 0 Å². The second-order valence-electron chi connectivity index (χ2n) is 2.42. The third-order valence-corrected chi connectivity index (χ3v) is 2.46. The normalized spacial score (nSPS) is 28.3. The van der Waals surface area contributed by atoms with Gasteiger partial charge in [0.05, 0.1) is 20.1 Å². The highest BCUT2D eigenvalue weighted by atomic mass is 127. The van der Waals surface area contributed by atoms with E-state index >= 15 is 0 Å². The lowest BCUT2D eigenvalue weighted by atomic mass is 10.4. The van der Waals surface area contributed by atoms with Gasteiger partial charge in [-0.25, -0.2) is 0 Å². The highest BCUT2D eigenvalue weighted by Gasteiger charge is 2.23. The highest BCUT2D eigenvalue weighted by Crippen LogP contribution is 2.21. The van der Waals surface area contributed by atoms with Crippen molar-refractivity contribution in [2.75, 3.05) is 20.1 Å². The monoisotopic (exact) mass is 212 g/mol. The summed E-state index contributed by atoms with van der Waals surface area (Å²) in [4.78, 5) is 0. The summed E-state index contributed by atoms with van der Waals surface area (Å²) >= 11 is 2.50. The van der Waals surface area contributed by atoms with Crippen LogP contribution in [0.2, 0.25) is 0 Å². The van der Waals surface area contributed by atoms with E-state index in [4.69, 9.17) is 0 Å². The molecule has 0 spiro atoms. The molecule has 1 rings (SSSR count). The molecule has 0 N–H and O–H groups in total. The molecular formula is C5H11IN+. The van der Waals surface area contributed by atoms with Crippen LogP contribution >= 0.6 is 22.9 Å². The SMILES string of the molecule is C[N+]1(I)CCCC1. The fourth-order valence-corrected chi connectivity index (χ4v) is 1.68. The van der Waals surface area contributed by atoms with Gasteiger partial charge in [0, 0.05) is 12.8 Å². The third-order valence-electron chi connectivity index (χ3n) is 1.50. The van der Waals surface area contributed by atoms with E-state index in [1.54, 1.807) is 0 Å². The molecule has 1 heterocycles. The maximum atomic E-state index is 2.50. The molecule has 0 aromatic heterocycles. The van der Waals surface area contributed by atoms with Crippen molar-refractivity contribution in [3.8, 4) is 0 Å². The lowest BCUT2D eigenvalue weighted by Crippen LogP contribution is -2.27. The zero-order valence-electron chi connectivity index (χ0n) is 4.65. The van der Waals surface area contributed by atoms with Crippen molar-refractivity contribution in [2.45, 2.75) is 12.8 Å². The number of halogens is 1. The van der Waals surface area contributed by atoms with Crippen LogP contribution in [0, 0.1) is 0 Å². The van der Waals surface area contributed by atoms with Gasteiger partial charge >= 0.3 is 0 Å². The molecule has 1 saturated heterocycles. The summed E-state index contributed by atoms with van der Waals surface area (Å²) in [5.41, 5.74) is 0. The van der Waals surface area contributed by atoms with E-state index in [0.717, 1.165) is 0 Å². The van der Waals surface area contributed by atoms with Gasteiger partial charge in [0.1, 0.15) is 0 Å². The second-order valence-corrected chi connectivity index (χ2v) is 4.75. The molecule has 1 fully saturated rings. The molecule has 7 heavy (non-hydrogen) atoms. The summed E-state index contributed by atoms with van der Waals surface area (Å²) in [5.74, 6) is 0. The molecular weight excluding hydrogens is 201 g/mol. The number of rotatable bonds is 0. The van der Waals surface area contributed by atoms with Gasteiger partial charge in [-0.1, -0.05) is 0 Å². The first-order valence-electron chi connectivity index (χ1n) is 2.75. The van der Waals surface area contributed by atoms with Crippen molar-refractivity contribution in [1.82, 2.24) is 0 Å². The Hall–Kier alpha value is 0.690. The molecule has 0 atom stereocenters. The average molecular weight is 212 g/mol. The Morgan fingerprint density at radius 1 is 1.29 bits per heavy atom. The first-order chi connectivity index (χ1) is 3.21. The van der Waals surface area contributed by atoms with E-state index in [9.17, 15) is 0 Å². The van der Waals surface area contributed by atoms with E-state index in [2.05, 4.69) is 29.9 Å². The van der Waals surface area contributed by atoms with Gasteiger partial charge in [-0.2, -0.15) is 0 Å². The molecule has 0 amide bonds. The molecule has 0 aromatic carbocycles. The minimum atomic E-state index is 1.22. The quantitative estimate of drug-likeness (QED) is 0.422. The van der Waals surface area contributed by atoms with E-state index < -0.39 is 0 Å². The fraction of sp³-hybridized carbons (Fsp3) is 1.00. The lowest BCUT2D eigenvalue weighted by Gasteiger charge is -2.16. The van der Waals surface area contributed by atoms with Crippen molar-refractivity contribution < 1.29 is 2.70 Å². The molecule has 0 bridgehead atoms. The number of quaternary nitrogens is 1. The predicted molar refractivity (Wildman–Crippen MR) is 39.2 cm³/mol. The van der Waals surface area contributed by atoms with Gasteiger partial charge in [0.2, 0.25) is 22.9 Å². The zero-order chi connectivity index (χ0) is 5.33. The molecule has 0 radical (unpaired) electrons. The van der Waals surface area contributed by atoms with Crippen molar-refractivity contribution in [3.63, 3.8) is 0 Å². The zero-order valence-corrected chi connectivity index (χ0v) is 6.81. The Labute approximate surface area is 58.8 Å². The number of hydrogen-bond donors (Lipinski definition) is 0. The second kappa shape index (κ2) is 1.90. The topological polar surface area (TPSA) is 0 Å². The Morgan fingerprint density at radius 2 is 1.71 bits per heavy atom. The lowest BCUT2D eigenvalue weighted by molar-refractivity contribution is -0.714. The minimum Gasteiger partial charge on any atom is -0.270 e. The first kappa shape index (κ1) is 5.82. The van der Waals surface area contributed by atoms with Gasteiger partial charge in [0.15, 0.2) is 0 Å². The Kier molecular flexibility index (Phi) is 1.58. The number of nitrogens with zero attached hydrogens (tertiary/aromatic N) is 1. The summed E-state index contributed by atoms with van der Waals surface area (Å²) in [6.07, 6.45) is 2.86. The molecule has 0 saturated carbocycles. The van der Waals surface area contributed by atoms with Crippen LogP contribution in [0.25, 0.3) is 0 Å². The van der Waals surface area contributed by atoms with Crippen molar-refractivity contribution in [3.05, 3.63) is 0 Å². The maximum absolute atomic E-state index is 2.50. The average Bonchev–Trinajstić information content (AvgIpc) is 1.84. The number of hydrogen-bond acceptors (Lipinski definition) is 0. The predicted octanol–water partition coefficient (Wildman–Crippen LogP) is 1.58. The largest absolute Gasteiger partial charge is 0.270 e. The van der Waals surface area contributed by atoms with Crippen LogP contribution in [0.15, 0.2) is 0 Å². The van der Waals surface area contributed by atoms with Crippen molar-refractivity contribution >= 4 is 22.9 Å². The smallest absolute Gasteiger partial charge is 0.248 e.